The summed E-state index contributed by atoms with van der Waals surface area (Å²) in [6.07, 6.45) is 3.90. The first-order chi connectivity index (χ1) is 13.9. The summed E-state index contributed by atoms with van der Waals surface area (Å²) in [7, 11) is 0. The van der Waals surface area contributed by atoms with Gasteiger partial charge in [0, 0.05) is 24.8 Å². The predicted octanol–water partition coefficient (Wildman–Crippen LogP) is 4.54. The first-order valence-corrected chi connectivity index (χ1v) is 9.74. The predicted molar refractivity (Wildman–Crippen MR) is 117 cm³/mol. The highest BCUT2D eigenvalue weighted by Crippen LogP contribution is 2.27. The summed E-state index contributed by atoms with van der Waals surface area (Å²) in [6.45, 7) is 3.67. The molecule has 138 valence electrons. The van der Waals surface area contributed by atoms with Gasteiger partial charge in [0.1, 0.15) is 5.82 Å². The van der Waals surface area contributed by atoms with Crippen LogP contribution in [0.1, 0.15) is 5.56 Å². The number of fused-ring (bicyclic) bond motifs is 2. The Kier molecular flexibility index (Phi) is 4.37. The van der Waals surface area contributed by atoms with E-state index in [1.807, 2.05) is 24.5 Å². The standard InChI is InChI=1S/C24H22N4/c1-3-9-21-19(7-1)17-20-8-2-4-10-22(20)23(21)18-26-28-15-13-27(14-16-28)24-11-5-6-12-25-24/h1-12,17-18H,13-16H2/b26-18-. The zero-order valence-electron chi connectivity index (χ0n) is 15.7. The molecule has 5 rings (SSSR count). The van der Waals surface area contributed by atoms with Crippen molar-refractivity contribution in [2.24, 2.45) is 5.10 Å². The maximum Gasteiger partial charge on any atom is 0.128 e. The lowest BCUT2D eigenvalue weighted by Gasteiger charge is -2.33. The number of hydrogen-bond acceptors (Lipinski definition) is 4. The molecule has 0 aliphatic carbocycles. The van der Waals surface area contributed by atoms with Gasteiger partial charge in [0.2, 0.25) is 0 Å². The Morgan fingerprint density at radius 3 is 2.04 bits per heavy atom. The van der Waals surface area contributed by atoms with E-state index in [2.05, 4.69) is 75.6 Å². The Morgan fingerprint density at radius 2 is 1.39 bits per heavy atom. The minimum absolute atomic E-state index is 0.899. The number of benzene rings is 3. The lowest BCUT2D eigenvalue weighted by Crippen LogP contribution is -2.44. The van der Waals surface area contributed by atoms with Crippen LogP contribution in [0, 0.1) is 0 Å². The number of aromatic nitrogens is 1. The Bertz CT molecular complexity index is 1080. The smallest absolute Gasteiger partial charge is 0.128 e. The second-order valence-electron chi connectivity index (χ2n) is 7.11. The molecule has 0 bridgehead atoms. The van der Waals surface area contributed by atoms with E-state index in [0.29, 0.717) is 0 Å². The second kappa shape index (κ2) is 7.31. The van der Waals surface area contributed by atoms with E-state index in [1.165, 1.54) is 27.1 Å². The highest BCUT2D eigenvalue weighted by molar-refractivity contribution is 6.13. The summed E-state index contributed by atoms with van der Waals surface area (Å²) in [6, 6.07) is 25.4. The van der Waals surface area contributed by atoms with Gasteiger partial charge < -0.3 is 4.90 Å². The van der Waals surface area contributed by atoms with Crippen LogP contribution in [-0.2, 0) is 0 Å². The highest BCUT2D eigenvalue weighted by atomic mass is 15.5. The van der Waals surface area contributed by atoms with E-state index < -0.39 is 0 Å². The molecule has 28 heavy (non-hydrogen) atoms. The average Bonchev–Trinajstić information content (AvgIpc) is 2.77. The molecule has 4 nitrogen and oxygen atoms in total. The molecule has 1 aliphatic rings. The molecule has 1 aliphatic heterocycles. The third-order valence-corrected chi connectivity index (χ3v) is 5.39. The molecule has 1 saturated heterocycles. The summed E-state index contributed by atoms with van der Waals surface area (Å²) in [5.74, 6) is 1.05. The minimum Gasteiger partial charge on any atom is -0.353 e. The third kappa shape index (κ3) is 3.18. The summed E-state index contributed by atoms with van der Waals surface area (Å²) < 4.78 is 0. The van der Waals surface area contributed by atoms with Gasteiger partial charge >= 0.3 is 0 Å². The first kappa shape index (κ1) is 16.8. The van der Waals surface area contributed by atoms with Crippen molar-refractivity contribution in [3.8, 4) is 0 Å². The van der Waals surface area contributed by atoms with Gasteiger partial charge in [-0.25, -0.2) is 4.98 Å². The largest absolute Gasteiger partial charge is 0.353 e. The number of nitrogens with zero attached hydrogens (tertiary/aromatic N) is 4. The molecule has 4 aromatic rings. The van der Waals surface area contributed by atoms with Crippen LogP contribution >= 0.6 is 0 Å². The Hall–Kier alpha value is -3.40. The molecular weight excluding hydrogens is 344 g/mol. The fourth-order valence-electron chi connectivity index (χ4n) is 3.91. The van der Waals surface area contributed by atoms with Gasteiger partial charge in [-0.1, -0.05) is 54.6 Å². The zero-order valence-corrected chi connectivity index (χ0v) is 15.7. The number of rotatable bonds is 3. The average molecular weight is 366 g/mol. The zero-order chi connectivity index (χ0) is 18.8. The van der Waals surface area contributed by atoms with E-state index in [1.54, 1.807) is 0 Å². The van der Waals surface area contributed by atoms with Crippen molar-refractivity contribution in [1.82, 2.24) is 9.99 Å². The van der Waals surface area contributed by atoms with Gasteiger partial charge in [-0.15, -0.1) is 0 Å². The van der Waals surface area contributed by atoms with Crippen molar-refractivity contribution >= 4 is 33.6 Å². The van der Waals surface area contributed by atoms with Crippen LogP contribution in [0.5, 0.6) is 0 Å². The lowest BCUT2D eigenvalue weighted by atomic mass is 9.97. The molecule has 0 atom stereocenters. The van der Waals surface area contributed by atoms with Gasteiger partial charge in [-0.05, 0) is 39.7 Å². The van der Waals surface area contributed by atoms with Crippen molar-refractivity contribution in [3.05, 3.63) is 84.6 Å². The van der Waals surface area contributed by atoms with E-state index in [-0.39, 0.29) is 0 Å². The molecule has 4 heteroatoms. The molecule has 0 unspecified atom stereocenters. The highest BCUT2D eigenvalue weighted by Gasteiger charge is 2.16. The van der Waals surface area contributed by atoms with Gasteiger partial charge in [0.25, 0.3) is 0 Å². The quantitative estimate of drug-likeness (QED) is 0.394. The summed E-state index contributed by atoms with van der Waals surface area (Å²) in [4.78, 5) is 6.78. The molecule has 0 amide bonds. The van der Waals surface area contributed by atoms with Gasteiger partial charge in [0.15, 0.2) is 0 Å². The number of pyridine rings is 1. The Balaban J connectivity index is 1.41. The van der Waals surface area contributed by atoms with E-state index in [0.717, 1.165) is 32.0 Å². The number of hydrogen-bond donors (Lipinski definition) is 0. The fraction of sp³-hybridized carbons (Fsp3) is 0.167. The van der Waals surface area contributed by atoms with Crippen LogP contribution in [0.3, 0.4) is 0 Å². The molecule has 0 N–H and O–H groups in total. The molecular formula is C24H22N4. The Morgan fingerprint density at radius 1 is 0.750 bits per heavy atom. The maximum atomic E-state index is 4.84. The molecule has 0 spiro atoms. The summed E-state index contributed by atoms with van der Waals surface area (Å²) >= 11 is 0. The monoisotopic (exact) mass is 366 g/mol. The van der Waals surface area contributed by atoms with Crippen molar-refractivity contribution < 1.29 is 0 Å². The van der Waals surface area contributed by atoms with Crippen LogP contribution in [0.2, 0.25) is 0 Å². The van der Waals surface area contributed by atoms with Crippen LogP contribution in [0.15, 0.2) is 84.1 Å². The van der Waals surface area contributed by atoms with Crippen LogP contribution in [0.25, 0.3) is 21.5 Å². The van der Waals surface area contributed by atoms with E-state index in [4.69, 9.17) is 5.10 Å². The van der Waals surface area contributed by atoms with Gasteiger partial charge in [-0.3, -0.25) is 5.01 Å². The molecule has 0 radical (unpaired) electrons. The van der Waals surface area contributed by atoms with Crippen molar-refractivity contribution in [2.75, 3.05) is 31.1 Å². The number of piperazine rings is 1. The summed E-state index contributed by atoms with van der Waals surface area (Å²) in [5.41, 5.74) is 1.20. The van der Waals surface area contributed by atoms with E-state index in [9.17, 15) is 0 Å². The van der Waals surface area contributed by atoms with Crippen molar-refractivity contribution in [1.29, 1.82) is 0 Å². The molecule has 3 aromatic carbocycles. The molecule has 2 heterocycles. The minimum atomic E-state index is 0.899. The number of anilines is 1. The topological polar surface area (TPSA) is 31.7 Å². The van der Waals surface area contributed by atoms with Crippen LogP contribution in [-0.4, -0.2) is 42.4 Å². The maximum absolute atomic E-state index is 4.84. The molecule has 0 saturated carbocycles. The molecule has 1 aromatic heterocycles. The normalized spacial score (nSPS) is 15.0. The summed E-state index contributed by atoms with van der Waals surface area (Å²) in [5, 5.41) is 12.0. The third-order valence-electron chi connectivity index (χ3n) is 5.39. The first-order valence-electron chi connectivity index (χ1n) is 9.74. The Labute approximate surface area is 164 Å². The lowest BCUT2D eigenvalue weighted by molar-refractivity contribution is 0.271. The van der Waals surface area contributed by atoms with Gasteiger partial charge in [-0.2, -0.15) is 5.10 Å². The van der Waals surface area contributed by atoms with E-state index >= 15 is 0 Å². The SMILES string of the molecule is C(=N/N1CCN(c2ccccn2)CC1)/c1c2ccccc2cc2ccccc12. The van der Waals surface area contributed by atoms with Crippen molar-refractivity contribution in [2.45, 2.75) is 0 Å². The van der Waals surface area contributed by atoms with Crippen molar-refractivity contribution in [3.63, 3.8) is 0 Å². The fourth-order valence-corrected chi connectivity index (χ4v) is 3.91. The van der Waals surface area contributed by atoms with Crippen LogP contribution in [0.4, 0.5) is 5.82 Å². The molecule has 1 fully saturated rings. The second-order valence-corrected chi connectivity index (χ2v) is 7.11. The number of hydrazone groups is 1. The van der Waals surface area contributed by atoms with Crippen LogP contribution < -0.4 is 4.90 Å². The van der Waals surface area contributed by atoms with Gasteiger partial charge in [0.05, 0.1) is 19.3 Å².